The Morgan fingerprint density at radius 2 is 0.863 bits per heavy atom. The van der Waals surface area contributed by atoms with Crippen LogP contribution in [0.3, 0.4) is 0 Å². The van der Waals surface area contributed by atoms with E-state index in [-0.39, 0.29) is 25.9 Å². The molecule has 0 radical (unpaired) electrons. The van der Waals surface area contributed by atoms with Crippen LogP contribution in [-0.2, 0) is 42.9 Å². The number of ether oxygens (including phenoxy) is 5. The molecule has 6 unspecified atom stereocenters. The Kier molecular flexibility index (Phi) is 45.5. The standard InChI is InChI=1S/C61H104O12/c1-4-7-10-13-16-19-22-25-27-30-32-35-38-41-44-47-53(62)69-50-52(71-54(63)48-45-42-39-36-34-31-28-26-23-20-17-14-11-8-5-2)51-70-61-59(57(66)56(65)58(73-61)60(67)68)72-55(64)49-46-43-40-37-33-29-24-21-18-15-12-9-6-3/h7,10,16-17,19-20,25-28,52,56-59,61,65-66H,4-6,8-9,11-15,18,21-24,29-51H2,1-3H3,(H,67,68)/b10-7-,19-16-,20-17-,27-25-,28-26-. The average molecular weight is 1030 g/mol. The van der Waals surface area contributed by atoms with Gasteiger partial charge in [-0.25, -0.2) is 4.79 Å². The number of carbonyl (C=O) groups excluding carboxylic acids is 3. The molecule has 0 bridgehead atoms. The van der Waals surface area contributed by atoms with Crippen LogP contribution in [0.4, 0.5) is 0 Å². The first-order chi connectivity index (χ1) is 35.6. The third kappa shape index (κ3) is 39.5. The molecule has 1 heterocycles. The fourth-order valence-electron chi connectivity index (χ4n) is 8.59. The van der Waals surface area contributed by atoms with E-state index in [4.69, 9.17) is 23.7 Å². The molecule has 1 saturated heterocycles. The molecule has 12 nitrogen and oxygen atoms in total. The highest BCUT2D eigenvalue weighted by molar-refractivity contribution is 5.74. The molecule has 73 heavy (non-hydrogen) atoms. The zero-order valence-electron chi connectivity index (χ0n) is 46.1. The second kappa shape index (κ2) is 49.3. The van der Waals surface area contributed by atoms with Crippen molar-refractivity contribution in [2.75, 3.05) is 13.2 Å². The van der Waals surface area contributed by atoms with Gasteiger partial charge in [-0.2, -0.15) is 0 Å². The Morgan fingerprint density at radius 1 is 0.466 bits per heavy atom. The van der Waals surface area contributed by atoms with Gasteiger partial charge in [0.15, 0.2) is 24.6 Å². The summed E-state index contributed by atoms with van der Waals surface area (Å²) in [6.07, 6.45) is 47.6. The molecule has 1 fully saturated rings. The Morgan fingerprint density at radius 3 is 1.34 bits per heavy atom. The van der Waals surface area contributed by atoms with E-state index >= 15 is 0 Å². The van der Waals surface area contributed by atoms with Crippen molar-refractivity contribution in [3.05, 3.63) is 60.8 Å². The number of hydrogen-bond donors (Lipinski definition) is 3. The predicted octanol–water partition coefficient (Wildman–Crippen LogP) is 14.8. The van der Waals surface area contributed by atoms with Crippen molar-refractivity contribution in [2.24, 2.45) is 0 Å². The lowest BCUT2D eigenvalue weighted by Crippen LogP contribution is -2.61. The van der Waals surface area contributed by atoms with E-state index in [1.165, 1.54) is 70.6 Å². The highest BCUT2D eigenvalue weighted by atomic mass is 16.7. The van der Waals surface area contributed by atoms with Gasteiger partial charge in [-0.3, -0.25) is 14.4 Å². The third-order valence-corrected chi connectivity index (χ3v) is 13.1. The number of carbonyl (C=O) groups is 4. The Balaban J connectivity index is 2.72. The first-order valence-corrected chi connectivity index (χ1v) is 29.3. The molecule has 0 spiro atoms. The summed E-state index contributed by atoms with van der Waals surface area (Å²) < 4.78 is 28.4. The van der Waals surface area contributed by atoms with Crippen molar-refractivity contribution in [3.8, 4) is 0 Å². The van der Waals surface area contributed by atoms with Crippen molar-refractivity contribution < 1.29 is 58.2 Å². The number of carboxylic acid groups (broad SMARTS) is 1. The van der Waals surface area contributed by atoms with Gasteiger partial charge in [0, 0.05) is 19.3 Å². The van der Waals surface area contributed by atoms with E-state index in [2.05, 4.69) is 81.5 Å². The number of allylic oxidation sites excluding steroid dienone is 10. The molecule has 12 heteroatoms. The van der Waals surface area contributed by atoms with Crippen LogP contribution in [0.1, 0.15) is 252 Å². The van der Waals surface area contributed by atoms with Crippen LogP contribution in [0, 0.1) is 0 Å². The van der Waals surface area contributed by atoms with Crippen molar-refractivity contribution in [3.63, 3.8) is 0 Å². The van der Waals surface area contributed by atoms with E-state index in [0.717, 1.165) is 122 Å². The van der Waals surface area contributed by atoms with E-state index in [1.807, 2.05) is 0 Å². The Bertz CT molecular complexity index is 1500. The summed E-state index contributed by atoms with van der Waals surface area (Å²) in [6, 6.07) is 0. The minimum absolute atomic E-state index is 0.0592. The lowest BCUT2D eigenvalue weighted by atomic mass is 9.98. The molecule has 0 aliphatic carbocycles. The van der Waals surface area contributed by atoms with Crippen LogP contribution in [0.25, 0.3) is 0 Å². The van der Waals surface area contributed by atoms with Crippen LogP contribution >= 0.6 is 0 Å². The van der Waals surface area contributed by atoms with Gasteiger partial charge >= 0.3 is 23.9 Å². The van der Waals surface area contributed by atoms with Crippen LogP contribution < -0.4 is 0 Å². The van der Waals surface area contributed by atoms with E-state index in [9.17, 15) is 34.5 Å². The summed E-state index contributed by atoms with van der Waals surface area (Å²) in [4.78, 5) is 51.1. The van der Waals surface area contributed by atoms with E-state index in [0.29, 0.717) is 19.3 Å². The monoisotopic (exact) mass is 1030 g/mol. The van der Waals surface area contributed by atoms with Crippen LogP contribution in [0.15, 0.2) is 60.8 Å². The first-order valence-electron chi connectivity index (χ1n) is 29.3. The summed E-state index contributed by atoms with van der Waals surface area (Å²) in [5.74, 6) is -3.15. The number of aliphatic hydroxyl groups is 2. The number of hydrogen-bond acceptors (Lipinski definition) is 11. The maximum absolute atomic E-state index is 13.1. The second-order valence-corrected chi connectivity index (χ2v) is 19.9. The zero-order valence-corrected chi connectivity index (χ0v) is 46.1. The lowest BCUT2D eigenvalue weighted by Gasteiger charge is -2.40. The number of carboxylic acids is 1. The van der Waals surface area contributed by atoms with Gasteiger partial charge in [-0.05, 0) is 83.5 Å². The summed E-state index contributed by atoms with van der Waals surface area (Å²) in [5.41, 5.74) is 0. The Hall–Kier alpha value is -3.58. The maximum atomic E-state index is 13.1. The maximum Gasteiger partial charge on any atom is 0.335 e. The third-order valence-electron chi connectivity index (χ3n) is 13.1. The number of esters is 3. The quantitative estimate of drug-likeness (QED) is 0.0228. The molecule has 420 valence electrons. The molecule has 3 N–H and O–H groups in total. The number of aliphatic hydroxyl groups excluding tert-OH is 2. The molecule has 0 aromatic carbocycles. The zero-order chi connectivity index (χ0) is 53.3. The van der Waals surface area contributed by atoms with Crippen molar-refractivity contribution in [1.82, 2.24) is 0 Å². The summed E-state index contributed by atoms with van der Waals surface area (Å²) in [7, 11) is 0. The number of unbranched alkanes of at least 4 members (excludes halogenated alkanes) is 25. The molecule has 1 aliphatic heterocycles. The van der Waals surface area contributed by atoms with Crippen molar-refractivity contribution in [1.29, 1.82) is 0 Å². The topological polar surface area (TPSA) is 175 Å². The van der Waals surface area contributed by atoms with E-state index < -0.39 is 67.3 Å². The molecular weight excluding hydrogens is 925 g/mol. The summed E-state index contributed by atoms with van der Waals surface area (Å²) in [5, 5.41) is 31.4. The van der Waals surface area contributed by atoms with Gasteiger partial charge < -0.3 is 39.0 Å². The van der Waals surface area contributed by atoms with Gasteiger partial charge in [0.2, 0.25) is 0 Å². The van der Waals surface area contributed by atoms with Crippen molar-refractivity contribution >= 4 is 23.9 Å². The molecule has 0 aromatic heterocycles. The van der Waals surface area contributed by atoms with Crippen molar-refractivity contribution in [2.45, 2.75) is 289 Å². The highest BCUT2D eigenvalue weighted by Gasteiger charge is 2.50. The minimum atomic E-state index is -1.91. The van der Waals surface area contributed by atoms with Crippen LogP contribution in [0.2, 0.25) is 0 Å². The fraction of sp³-hybridized carbons (Fsp3) is 0.770. The molecule has 6 atom stereocenters. The molecule has 1 rings (SSSR count). The van der Waals surface area contributed by atoms with Crippen LogP contribution in [0.5, 0.6) is 0 Å². The SMILES string of the molecule is CC/C=C\C/C=C\C/C=C\CCCCCCCC(=O)OCC(COC1OC(C(=O)O)C(O)C(O)C1OC(=O)CCCCCCCCCCCCCCC)OC(=O)CCCCCCC/C=C\C/C=C\CCCCC. The van der Waals surface area contributed by atoms with Gasteiger partial charge in [0.1, 0.15) is 18.8 Å². The molecule has 1 aliphatic rings. The number of rotatable bonds is 49. The van der Waals surface area contributed by atoms with Gasteiger partial charge in [-0.15, -0.1) is 0 Å². The normalized spacial score (nSPS) is 18.7. The van der Waals surface area contributed by atoms with Crippen LogP contribution in [-0.4, -0.2) is 89.2 Å². The Labute approximate surface area is 443 Å². The van der Waals surface area contributed by atoms with Gasteiger partial charge in [0.05, 0.1) is 6.61 Å². The smallest absolute Gasteiger partial charge is 0.335 e. The first kappa shape index (κ1) is 67.4. The minimum Gasteiger partial charge on any atom is -0.479 e. The predicted molar refractivity (Wildman–Crippen MR) is 294 cm³/mol. The largest absolute Gasteiger partial charge is 0.479 e. The molecular formula is C61H104O12. The average Bonchev–Trinajstić information content (AvgIpc) is 3.37. The summed E-state index contributed by atoms with van der Waals surface area (Å²) in [6.45, 7) is 5.83. The molecule has 0 saturated carbocycles. The van der Waals surface area contributed by atoms with E-state index in [1.54, 1.807) is 0 Å². The molecule has 0 amide bonds. The summed E-state index contributed by atoms with van der Waals surface area (Å²) >= 11 is 0. The number of aliphatic carboxylic acids is 1. The molecule has 0 aromatic rings. The lowest BCUT2D eigenvalue weighted by molar-refractivity contribution is -0.301. The van der Waals surface area contributed by atoms with Gasteiger partial charge in [-0.1, -0.05) is 210 Å². The van der Waals surface area contributed by atoms with Gasteiger partial charge in [0.25, 0.3) is 0 Å². The second-order valence-electron chi connectivity index (χ2n) is 19.9. The fourth-order valence-corrected chi connectivity index (χ4v) is 8.59. The highest BCUT2D eigenvalue weighted by Crippen LogP contribution is 2.26.